The summed E-state index contributed by atoms with van der Waals surface area (Å²) in [5.41, 5.74) is 0.707. The van der Waals surface area contributed by atoms with Crippen LogP contribution in [0, 0.1) is 25.7 Å². The number of fused-ring (bicyclic) bond motifs is 1. The Balaban J connectivity index is 1.81. The Morgan fingerprint density at radius 3 is 2.60 bits per heavy atom. The Morgan fingerprint density at radius 1 is 1.40 bits per heavy atom. The van der Waals surface area contributed by atoms with Crippen LogP contribution in [0.2, 0.25) is 0 Å². The molecule has 2 aliphatic rings. The summed E-state index contributed by atoms with van der Waals surface area (Å²) in [7, 11) is 0. The summed E-state index contributed by atoms with van der Waals surface area (Å²) in [6, 6.07) is 0. The molecular formula is C11H14N2O2. The number of oxazole rings is 1. The van der Waals surface area contributed by atoms with Crippen LogP contribution in [0.4, 0.5) is 0 Å². The van der Waals surface area contributed by atoms with Crippen LogP contribution in [0.15, 0.2) is 4.42 Å². The SMILES string of the molecule is Cc1nc(C)c(C(=O)N2CC3CC3C2)o1. The third kappa shape index (κ3) is 1.35. The summed E-state index contributed by atoms with van der Waals surface area (Å²) in [5.74, 6) is 2.53. The number of hydrogen-bond acceptors (Lipinski definition) is 3. The minimum absolute atomic E-state index is 0.0142. The van der Waals surface area contributed by atoms with E-state index in [-0.39, 0.29) is 5.91 Å². The van der Waals surface area contributed by atoms with Crippen molar-refractivity contribution in [1.29, 1.82) is 0 Å². The minimum Gasteiger partial charge on any atom is -0.436 e. The Labute approximate surface area is 88.3 Å². The molecule has 2 atom stereocenters. The van der Waals surface area contributed by atoms with Crippen molar-refractivity contribution < 1.29 is 9.21 Å². The largest absolute Gasteiger partial charge is 0.436 e. The molecule has 0 radical (unpaired) electrons. The van der Waals surface area contributed by atoms with E-state index in [0.29, 0.717) is 17.3 Å². The fraction of sp³-hybridized carbons (Fsp3) is 0.636. The van der Waals surface area contributed by atoms with Gasteiger partial charge in [-0.3, -0.25) is 4.79 Å². The lowest BCUT2D eigenvalue weighted by molar-refractivity contribution is 0.0741. The first-order valence-corrected chi connectivity index (χ1v) is 5.38. The zero-order chi connectivity index (χ0) is 10.6. The molecule has 1 aromatic rings. The first-order valence-electron chi connectivity index (χ1n) is 5.38. The molecule has 1 saturated carbocycles. The van der Waals surface area contributed by atoms with Crippen molar-refractivity contribution in [3.05, 3.63) is 17.3 Å². The van der Waals surface area contributed by atoms with Crippen LogP contribution < -0.4 is 0 Å². The Bertz CT molecular complexity index is 414. The van der Waals surface area contributed by atoms with Crippen LogP contribution in [-0.4, -0.2) is 28.9 Å². The lowest BCUT2D eigenvalue weighted by Crippen LogP contribution is -2.30. The van der Waals surface area contributed by atoms with Crippen LogP contribution in [0.3, 0.4) is 0 Å². The van der Waals surface area contributed by atoms with E-state index in [1.807, 2.05) is 11.8 Å². The number of aryl methyl sites for hydroxylation is 2. The van der Waals surface area contributed by atoms with Gasteiger partial charge in [-0.1, -0.05) is 0 Å². The van der Waals surface area contributed by atoms with Gasteiger partial charge in [0.2, 0.25) is 5.76 Å². The molecule has 4 nitrogen and oxygen atoms in total. The van der Waals surface area contributed by atoms with Crippen LogP contribution in [0.1, 0.15) is 28.6 Å². The van der Waals surface area contributed by atoms with Crippen LogP contribution in [-0.2, 0) is 0 Å². The predicted molar refractivity (Wildman–Crippen MR) is 53.5 cm³/mol. The number of aromatic nitrogens is 1. The molecule has 3 rings (SSSR count). The van der Waals surface area contributed by atoms with Gasteiger partial charge in [0, 0.05) is 20.0 Å². The average molecular weight is 206 g/mol. The number of rotatable bonds is 1. The lowest BCUT2D eigenvalue weighted by atomic mass is 10.3. The highest BCUT2D eigenvalue weighted by Gasteiger charge is 2.47. The summed E-state index contributed by atoms with van der Waals surface area (Å²) < 4.78 is 5.34. The number of hydrogen-bond donors (Lipinski definition) is 0. The maximum Gasteiger partial charge on any atom is 0.291 e. The summed E-state index contributed by atoms with van der Waals surface area (Å²) >= 11 is 0. The van der Waals surface area contributed by atoms with Crippen molar-refractivity contribution in [3.63, 3.8) is 0 Å². The molecular weight excluding hydrogens is 192 g/mol. The number of amides is 1. The maximum atomic E-state index is 12.0. The van der Waals surface area contributed by atoms with Crippen LogP contribution in [0.5, 0.6) is 0 Å². The van der Waals surface area contributed by atoms with E-state index in [1.165, 1.54) is 6.42 Å². The van der Waals surface area contributed by atoms with Gasteiger partial charge in [-0.2, -0.15) is 0 Å². The third-order valence-corrected chi connectivity index (χ3v) is 3.36. The molecule has 1 saturated heterocycles. The second-order valence-corrected chi connectivity index (χ2v) is 4.61. The molecule has 15 heavy (non-hydrogen) atoms. The standard InChI is InChI=1S/C11H14N2O2/c1-6-10(15-7(2)12-6)11(14)13-4-8-3-9(8)5-13/h8-9H,3-5H2,1-2H3. The molecule has 2 unspecified atom stereocenters. The zero-order valence-corrected chi connectivity index (χ0v) is 8.99. The van der Waals surface area contributed by atoms with E-state index < -0.39 is 0 Å². The van der Waals surface area contributed by atoms with Gasteiger partial charge in [-0.25, -0.2) is 4.98 Å². The maximum absolute atomic E-state index is 12.0. The van der Waals surface area contributed by atoms with E-state index >= 15 is 0 Å². The molecule has 2 heterocycles. The molecule has 1 aliphatic carbocycles. The Kier molecular flexibility index (Phi) is 1.69. The highest BCUT2D eigenvalue weighted by Crippen LogP contribution is 2.45. The number of nitrogens with zero attached hydrogens (tertiary/aromatic N) is 2. The molecule has 2 fully saturated rings. The predicted octanol–water partition coefficient (Wildman–Crippen LogP) is 1.38. The van der Waals surface area contributed by atoms with Crippen molar-refractivity contribution >= 4 is 5.91 Å². The van der Waals surface area contributed by atoms with E-state index in [2.05, 4.69) is 4.98 Å². The number of likely N-dealkylation sites (tertiary alicyclic amines) is 1. The number of carbonyl (C=O) groups excluding carboxylic acids is 1. The van der Waals surface area contributed by atoms with Gasteiger partial charge in [0.15, 0.2) is 5.89 Å². The number of carbonyl (C=O) groups is 1. The molecule has 1 aromatic heterocycles. The molecule has 0 N–H and O–H groups in total. The van der Waals surface area contributed by atoms with Gasteiger partial charge in [-0.05, 0) is 25.2 Å². The Morgan fingerprint density at radius 2 is 2.07 bits per heavy atom. The van der Waals surface area contributed by atoms with E-state index in [4.69, 9.17) is 4.42 Å². The third-order valence-electron chi connectivity index (χ3n) is 3.36. The summed E-state index contributed by atoms with van der Waals surface area (Å²) in [6.45, 7) is 5.40. The molecule has 0 bridgehead atoms. The van der Waals surface area contributed by atoms with Gasteiger partial charge in [-0.15, -0.1) is 0 Å². The average Bonchev–Trinajstić information content (AvgIpc) is 2.65. The smallest absolute Gasteiger partial charge is 0.291 e. The molecule has 4 heteroatoms. The first kappa shape index (κ1) is 8.95. The van der Waals surface area contributed by atoms with Crippen molar-refractivity contribution in [1.82, 2.24) is 9.88 Å². The fourth-order valence-corrected chi connectivity index (χ4v) is 2.44. The van der Waals surface area contributed by atoms with E-state index in [9.17, 15) is 4.79 Å². The van der Waals surface area contributed by atoms with Crippen molar-refractivity contribution in [2.24, 2.45) is 11.8 Å². The van der Waals surface area contributed by atoms with Gasteiger partial charge in [0.1, 0.15) is 0 Å². The highest BCUT2D eigenvalue weighted by molar-refractivity contribution is 5.92. The minimum atomic E-state index is 0.0142. The quantitative estimate of drug-likeness (QED) is 0.697. The van der Waals surface area contributed by atoms with Crippen molar-refractivity contribution in [3.8, 4) is 0 Å². The van der Waals surface area contributed by atoms with Crippen molar-refractivity contribution in [2.75, 3.05) is 13.1 Å². The second kappa shape index (κ2) is 2.84. The van der Waals surface area contributed by atoms with Crippen LogP contribution in [0.25, 0.3) is 0 Å². The normalized spacial score (nSPS) is 28.0. The first-order chi connectivity index (χ1) is 7.15. The van der Waals surface area contributed by atoms with Crippen LogP contribution >= 0.6 is 0 Å². The fourth-order valence-electron chi connectivity index (χ4n) is 2.44. The second-order valence-electron chi connectivity index (χ2n) is 4.61. The van der Waals surface area contributed by atoms with Gasteiger partial charge in [0.25, 0.3) is 5.91 Å². The lowest BCUT2D eigenvalue weighted by Gasteiger charge is -2.16. The number of piperidine rings is 1. The molecule has 0 spiro atoms. The Hall–Kier alpha value is -1.32. The van der Waals surface area contributed by atoms with Gasteiger partial charge in [0.05, 0.1) is 5.69 Å². The molecule has 80 valence electrons. The summed E-state index contributed by atoms with van der Waals surface area (Å²) in [5, 5.41) is 0. The highest BCUT2D eigenvalue weighted by atomic mass is 16.4. The summed E-state index contributed by atoms with van der Waals surface area (Å²) in [4.78, 5) is 18.1. The molecule has 1 amide bonds. The zero-order valence-electron chi connectivity index (χ0n) is 8.99. The molecule has 0 aromatic carbocycles. The topological polar surface area (TPSA) is 46.3 Å². The molecule has 1 aliphatic heterocycles. The van der Waals surface area contributed by atoms with Crippen molar-refractivity contribution in [2.45, 2.75) is 20.3 Å². The van der Waals surface area contributed by atoms with Gasteiger partial charge >= 0.3 is 0 Å². The van der Waals surface area contributed by atoms with E-state index in [1.54, 1.807) is 6.92 Å². The van der Waals surface area contributed by atoms with Gasteiger partial charge < -0.3 is 9.32 Å². The monoisotopic (exact) mass is 206 g/mol. The van der Waals surface area contributed by atoms with E-state index in [0.717, 1.165) is 24.9 Å². The summed E-state index contributed by atoms with van der Waals surface area (Å²) in [6.07, 6.45) is 1.30.